The molecule has 1 aromatic carbocycles. The number of para-hydroxylation sites is 1. The van der Waals surface area contributed by atoms with Crippen molar-refractivity contribution in [3.8, 4) is 0 Å². The van der Waals surface area contributed by atoms with Crippen molar-refractivity contribution in [3.63, 3.8) is 0 Å². The molecule has 4 heteroatoms. The number of hydrogen-bond donors (Lipinski definition) is 0. The highest BCUT2D eigenvalue weighted by Gasteiger charge is 2.51. The van der Waals surface area contributed by atoms with Crippen LogP contribution in [-0.2, 0) is 16.0 Å². The standard InChI is InChI=1S/C22H26N2O2/c1-3-22-11-7-12-23-13-10-16-15-8-5-6-9-17(15)24(19(16)20(22)23)18(14-22)21(25)26-4-2/h5-6,8-9,14,20H,3-4,7,10-13H2,1-2H3/t20-,22?/m0/s1. The number of ether oxygens (including phenoxy) is 1. The van der Waals surface area contributed by atoms with Crippen LogP contribution in [0.4, 0.5) is 0 Å². The van der Waals surface area contributed by atoms with Gasteiger partial charge < -0.3 is 9.30 Å². The summed E-state index contributed by atoms with van der Waals surface area (Å²) in [6.07, 6.45) is 6.73. The summed E-state index contributed by atoms with van der Waals surface area (Å²) in [4.78, 5) is 15.6. The number of nitrogens with zero attached hydrogens (tertiary/aromatic N) is 2. The summed E-state index contributed by atoms with van der Waals surface area (Å²) >= 11 is 0. The second-order valence-electron chi connectivity index (χ2n) is 7.85. The van der Waals surface area contributed by atoms with Gasteiger partial charge >= 0.3 is 5.97 Å². The first kappa shape index (κ1) is 16.1. The van der Waals surface area contributed by atoms with Crippen molar-refractivity contribution in [2.45, 2.75) is 45.6 Å². The van der Waals surface area contributed by atoms with Crippen molar-refractivity contribution in [1.82, 2.24) is 9.47 Å². The van der Waals surface area contributed by atoms with E-state index < -0.39 is 0 Å². The molecule has 4 heterocycles. The number of esters is 1. The van der Waals surface area contributed by atoms with Crippen LogP contribution in [0.25, 0.3) is 16.6 Å². The number of piperidine rings is 1. The van der Waals surface area contributed by atoms with Crippen molar-refractivity contribution in [2.24, 2.45) is 5.41 Å². The van der Waals surface area contributed by atoms with Gasteiger partial charge in [-0.05, 0) is 56.9 Å². The van der Waals surface area contributed by atoms with Crippen LogP contribution in [0.3, 0.4) is 0 Å². The minimum Gasteiger partial charge on any atom is -0.461 e. The highest BCUT2D eigenvalue weighted by atomic mass is 16.5. The second kappa shape index (κ2) is 5.71. The van der Waals surface area contributed by atoms with E-state index >= 15 is 0 Å². The van der Waals surface area contributed by atoms with Crippen molar-refractivity contribution in [1.29, 1.82) is 0 Å². The van der Waals surface area contributed by atoms with Crippen LogP contribution in [0.15, 0.2) is 30.3 Å². The number of carbonyl (C=O) groups is 1. The van der Waals surface area contributed by atoms with E-state index in [1.165, 1.54) is 23.1 Å². The van der Waals surface area contributed by atoms with E-state index in [1.807, 2.05) is 6.92 Å². The Labute approximate surface area is 154 Å². The fourth-order valence-corrected chi connectivity index (χ4v) is 5.63. The maximum absolute atomic E-state index is 12.9. The van der Waals surface area contributed by atoms with E-state index in [-0.39, 0.29) is 11.4 Å². The Hall–Kier alpha value is -2.07. The van der Waals surface area contributed by atoms with Crippen molar-refractivity contribution in [3.05, 3.63) is 41.6 Å². The lowest BCUT2D eigenvalue weighted by Gasteiger charge is -2.53. The number of fused-ring (bicyclic) bond motifs is 3. The van der Waals surface area contributed by atoms with Gasteiger partial charge in [0.25, 0.3) is 0 Å². The molecular weight excluding hydrogens is 324 g/mol. The fraction of sp³-hybridized carbons (Fsp3) is 0.500. The molecule has 0 amide bonds. The molecule has 0 aliphatic carbocycles. The van der Waals surface area contributed by atoms with Crippen molar-refractivity contribution >= 4 is 22.6 Å². The number of rotatable bonds is 3. The van der Waals surface area contributed by atoms with Crippen molar-refractivity contribution < 1.29 is 9.53 Å². The van der Waals surface area contributed by atoms with Gasteiger partial charge in [-0.3, -0.25) is 4.90 Å². The zero-order valence-electron chi connectivity index (χ0n) is 15.6. The average molecular weight is 350 g/mol. The summed E-state index contributed by atoms with van der Waals surface area (Å²) in [5.41, 5.74) is 4.71. The van der Waals surface area contributed by atoms with Gasteiger partial charge in [-0.15, -0.1) is 0 Å². The maximum atomic E-state index is 12.9. The van der Waals surface area contributed by atoms with E-state index in [0.717, 1.165) is 43.6 Å². The first-order valence-electron chi connectivity index (χ1n) is 9.97. The molecule has 2 aromatic rings. The van der Waals surface area contributed by atoms with Crippen LogP contribution in [0.5, 0.6) is 0 Å². The quantitative estimate of drug-likeness (QED) is 0.780. The molecule has 0 spiro atoms. The number of benzene rings is 1. The molecule has 2 atom stereocenters. The summed E-state index contributed by atoms with van der Waals surface area (Å²) in [6, 6.07) is 8.92. The van der Waals surface area contributed by atoms with Crippen LogP contribution < -0.4 is 0 Å². The molecule has 0 saturated carbocycles. The number of carbonyl (C=O) groups excluding carboxylic acids is 1. The number of aromatic nitrogens is 1. The van der Waals surface area contributed by atoms with E-state index in [9.17, 15) is 4.79 Å². The molecule has 26 heavy (non-hydrogen) atoms. The molecule has 1 aromatic heterocycles. The van der Waals surface area contributed by atoms with Gasteiger partial charge in [0.2, 0.25) is 0 Å². The molecule has 1 saturated heterocycles. The summed E-state index contributed by atoms with van der Waals surface area (Å²) in [5.74, 6) is -0.190. The highest BCUT2D eigenvalue weighted by molar-refractivity contribution is 6.13. The Morgan fingerprint density at radius 3 is 2.92 bits per heavy atom. The molecule has 4 nitrogen and oxygen atoms in total. The lowest BCUT2D eigenvalue weighted by Crippen LogP contribution is -2.51. The first-order chi connectivity index (χ1) is 12.7. The Morgan fingerprint density at radius 1 is 1.27 bits per heavy atom. The average Bonchev–Trinajstić information content (AvgIpc) is 3.02. The third-order valence-corrected chi connectivity index (χ3v) is 6.73. The van der Waals surface area contributed by atoms with E-state index in [4.69, 9.17) is 4.74 Å². The lowest BCUT2D eigenvalue weighted by molar-refractivity contribution is -0.136. The molecule has 3 aliphatic heterocycles. The minimum absolute atomic E-state index is 0.0416. The SMILES string of the molecule is CCOC(=O)C1=CC2(CC)CCCN3CCc4c(n1c1ccccc41)[C@H]32. The topological polar surface area (TPSA) is 34.5 Å². The lowest BCUT2D eigenvalue weighted by atomic mass is 9.66. The Bertz CT molecular complexity index is 926. The van der Waals surface area contributed by atoms with Gasteiger partial charge in [0, 0.05) is 23.0 Å². The van der Waals surface area contributed by atoms with Crippen LogP contribution in [0.2, 0.25) is 0 Å². The summed E-state index contributed by atoms with van der Waals surface area (Å²) in [5, 5.41) is 1.30. The molecule has 0 bridgehead atoms. The fourth-order valence-electron chi connectivity index (χ4n) is 5.63. The molecule has 136 valence electrons. The molecule has 0 N–H and O–H groups in total. The zero-order valence-corrected chi connectivity index (χ0v) is 15.6. The summed E-state index contributed by atoms with van der Waals surface area (Å²) in [7, 11) is 0. The molecular formula is C22H26N2O2. The Kier molecular flexibility index (Phi) is 3.54. The number of hydrogen-bond acceptors (Lipinski definition) is 3. The van der Waals surface area contributed by atoms with Gasteiger partial charge in [-0.1, -0.05) is 25.1 Å². The Morgan fingerprint density at radius 2 is 2.12 bits per heavy atom. The first-order valence-corrected chi connectivity index (χ1v) is 9.97. The molecule has 0 radical (unpaired) electrons. The third kappa shape index (κ3) is 1.96. The van der Waals surface area contributed by atoms with E-state index in [1.54, 1.807) is 0 Å². The maximum Gasteiger partial charge on any atom is 0.354 e. The van der Waals surface area contributed by atoms with Gasteiger partial charge in [-0.25, -0.2) is 4.79 Å². The summed E-state index contributed by atoms with van der Waals surface area (Å²) in [6.45, 7) is 6.85. The van der Waals surface area contributed by atoms with Crippen LogP contribution in [0.1, 0.15) is 50.4 Å². The van der Waals surface area contributed by atoms with Crippen LogP contribution in [0, 0.1) is 5.41 Å². The van der Waals surface area contributed by atoms with E-state index in [0.29, 0.717) is 12.6 Å². The molecule has 1 fully saturated rings. The van der Waals surface area contributed by atoms with Gasteiger partial charge in [0.15, 0.2) is 0 Å². The smallest absolute Gasteiger partial charge is 0.354 e. The highest BCUT2D eigenvalue weighted by Crippen LogP contribution is 2.57. The van der Waals surface area contributed by atoms with Gasteiger partial charge in [0.1, 0.15) is 5.70 Å². The summed E-state index contributed by atoms with van der Waals surface area (Å²) < 4.78 is 7.69. The minimum atomic E-state index is -0.190. The Balaban J connectivity index is 1.85. The monoisotopic (exact) mass is 350 g/mol. The largest absolute Gasteiger partial charge is 0.461 e. The second-order valence-corrected chi connectivity index (χ2v) is 7.85. The van der Waals surface area contributed by atoms with E-state index in [2.05, 4.69) is 46.7 Å². The van der Waals surface area contributed by atoms with Gasteiger partial charge in [0.05, 0.1) is 18.2 Å². The zero-order chi connectivity index (χ0) is 17.9. The molecule has 1 unspecified atom stereocenters. The predicted octanol–water partition coefficient (Wildman–Crippen LogP) is 4.15. The molecule has 3 aliphatic rings. The normalized spacial score (nSPS) is 27.2. The van der Waals surface area contributed by atoms with Gasteiger partial charge in [-0.2, -0.15) is 0 Å². The molecule has 5 rings (SSSR count). The van der Waals surface area contributed by atoms with Crippen molar-refractivity contribution in [2.75, 3.05) is 19.7 Å². The predicted molar refractivity (Wildman–Crippen MR) is 103 cm³/mol. The third-order valence-electron chi connectivity index (χ3n) is 6.73. The van der Waals surface area contributed by atoms with Crippen LogP contribution in [-0.4, -0.2) is 35.1 Å². The van der Waals surface area contributed by atoms with Crippen LogP contribution >= 0.6 is 0 Å².